The monoisotopic (exact) mass is 359 g/mol. The first-order valence-corrected chi connectivity index (χ1v) is 8.65. The molecule has 2 aromatic rings. The number of halogens is 1. The molecule has 0 radical (unpaired) electrons. The van der Waals surface area contributed by atoms with Crippen molar-refractivity contribution in [3.63, 3.8) is 0 Å². The van der Waals surface area contributed by atoms with E-state index in [1.54, 1.807) is 13.0 Å². The average Bonchev–Trinajstić information content (AvgIpc) is 2.55. The third kappa shape index (κ3) is 3.89. The van der Waals surface area contributed by atoms with Gasteiger partial charge in [-0.05, 0) is 54.9 Å². The number of nitrogens with zero attached hydrogens (tertiary/aromatic N) is 1. The Labute approximate surface area is 152 Å². The number of likely N-dealkylation sites (N-methyl/N-ethyl adjacent to an activating group) is 1. The molecule has 1 unspecified atom stereocenters. The van der Waals surface area contributed by atoms with Crippen molar-refractivity contribution in [3.05, 3.63) is 58.1 Å². The van der Waals surface area contributed by atoms with Gasteiger partial charge in [0.15, 0.2) is 0 Å². The van der Waals surface area contributed by atoms with Gasteiger partial charge in [0.05, 0.1) is 6.61 Å². The van der Waals surface area contributed by atoms with Gasteiger partial charge in [0, 0.05) is 35.4 Å². The van der Waals surface area contributed by atoms with E-state index in [2.05, 4.69) is 23.3 Å². The molecule has 0 spiro atoms. The van der Waals surface area contributed by atoms with Crippen molar-refractivity contribution < 1.29 is 9.53 Å². The summed E-state index contributed by atoms with van der Waals surface area (Å²) in [5.41, 5.74) is 10.7. The first-order chi connectivity index (χ1) is 12.0. The zero-order chi connectivity index (χ0) is 18.0. The minimum Gasteiger partial charge on any atom is -0.450 e. The minimum absolute atomic E-state index is 0.138. The van der Waals surface area contributed by atoms with E-state index in [1.165, 1.54) is 0 Å². The van der Waals surface area contributed by atoms with Crippen LogP contribution in [0.2, 0.25) is 5.02 Å². The Morgan fingerprint density at radius 2 is 2.20 bits per heavy atom. The number of ether oxygens (including phenoxy) is 1. The number of fused-ring (bicyclic) bond motifs is 1. The SMILES string of the molecule is CCOC(=O)Nc1cccc(C2CN(C)Cc3c(Cl)cc(N)cc32)c1. The standard InChI is InChI=1S/C19H22ClN3O2/c1-3-25-19(24)22-14-6-4-5-12(7-14)16-10-23(2)11-17-15(16)8-13(21)9-18(17)20/h4-9,16H,3,10-11,21H2,1-2H3,(H,22,24). The summed E-state index contributed by atoms with van der Waals surface area (Å²) >= 11 is 6.42. The number of nitrogen functional groups attached to an aromatic ring is 1. The van der Waals surface area contributed by atoms with E-state index in [0.29, 0.717) is 23.0 Å². The maximum atomic E-state index is 11.7. The van der Waals surface area contributed by atoms with E-state index in [0.717, 1.165) is 29.8 Å². The Morgan fingerprint density at radius 1 is 1.40 bits per heavy atom. The molecular formula is C19H22ClN3O2. The van der Waals surface area contributed by atoms with E-state index >= 15 is 0 Å². The van der Waals surface area contributed by atoms with Crippen molar-refractivity contribution >= 4 is 29.1 Å². The molecule has 0 bridgehead atoms. The molecule has 132 valence electrons. The maximum Gasteiger partial charge on any atom is 0.411 e. The van der Waals surface area contributed by atoms with E-state index < -0.39 is 6.09 Å². The van der Waals surface area contributed by atoms with E-state index in [4.69, 9.17) is 22.1 Å². The molecular weight excluding hydrogens is 338 g/mol. The van der Waals surface area contributed by atoms with E-state index in [1.807, 2.05) is 24.3 Å². The number of carbonyl (C=O) groups is 1. The van der Waals surface area contributed by atoms with Gasteiger partial charge in [-0.15, -0.1) is 0 Å². The molecule has 1 aliphatic heterocycles. The van der Waals surface area contributed by atoms with Gasteiger partial charge < -0.3 is 15.4 Å². The zero-order valence-electron chi connectivity index (χ0n) is 14.4. The molecule has 1 amide bonds. The van der Waals surface area contributed by atoms with Crippen LogP contribution in [0.1, 0.15) is 29.5 Å². The van der Waals surface area contributed by atoms with Crippen LogP contribution in [0.4, 0.5) is 16.2 Å². The van der Waals surface area contributed by atoms with Gasteiger partial charge in [0.1, 0.15) is 0 Å². The summed E-state index contributed by atoms with van der Waals surface area (Å²) in [5, 5.41) is 3.46. The highest BCUT2D eigenvalue weighted by molar-refractivity contribution is 6.31. The second-order valence-electron chi connectivity index (χ2n) is 6.29. The fraction of sp³-hybridized carbons (Fsp3) is 0.316. The maximum absolute atomic E-state index is 11.7. The summed E-state index contributed by atoms with van der Waals surface area (Å²) in [7, 11) is 2.07. The highest BCUT2D eigenvalue weighted by Gasteiger charge is 2.27. The second-order valence-corrected chi connectivity index (χ2v) is 6.70. The molecule has 6 heteroatoms. The molecule has 0 saturated heterocycles. The Hall–Kier alpha value is -2.24. The predicted octanol–water partition coefficient (Wildman–Crippen LogP) is 4.07. The van der Waals surface area contributed by atoms with Gasteiger partial charge >= 0.3 is 6.09 Å². The summed E-state index contributed by atoms with van der Waals surface area (Å²) in [5.74, 6) is 0.138. The summed E-state index contributed by atoms with van der Waals surface area (Å²) in [6, 6.07) is 11.6. The van der Waals surface area contributed by atoms with Gasteiger partial charge in [0.25, 0.3) is 0 Å². The molecule has 25 heavy (non-hydrogen) atoms. The van der Waals surface area contributed by atoms with Crippen molar-refractivity contribution in [2.45, 2.75) is 19.4 Å². The molecule has 1 heterocycles. The lowest BCUT2D eigenvalue weighted by Crippen LogP contribution is -2.31. The molecule has 1 atom stereocenters. The van der Waals surface area contributed by atoms with Crippen molar-refractivity contribution in [3.8, 4) is 0 Å². The molecule has 3 N–H and O–H groups in total. The molecule has 2 aromatic carbocycles. The average molecular weight is 360 g/mol. The van der Waals surface area contributed by atoms with E-state index in [9.17, 15) is 4.79 Å². The summed E-state index contributed by atoms with van der Waals surface area (Å²) < 4.78 is 4.94. The quantitative estimate of drug-likeness (QED) is 0.811. The van der Waals surface area contributed by atoms with Crippen LogP contribution < -0.4 is 11.1 Å². The first-order valence-electron chi connectivity index (χ1n) is 8.28. The summed E-state index contributed by atoms with van der Waals surface area (Å²) in [6.45, 7) is 3.77. The Kier molecular flexibility index (Phi) is 5.16. The van der Waals surface area contributed by atoms with Crippen LogP contribution in [-0.2, 0) is 11.3 Å². The highest BCUT2D eigenvalue weighted by Crippen LogP contribution is 2.38. The van der Waals surface area contributed by atoms with E-state index in [-0.39, 0.29) is 5.92 Å². The van der Waals surface area contributed by atoms with Gasteiger partial charge in [-0.1, -0.05) is 23.7 Å². The molecule has 1 aliphatic rings. The van der Waals surface area contributed by atoms with Crippen molar-refractivity contribution in [2.24, 2.45) is 0 Å². The van der Waals surface area contributed by atoms with Gasteiger partial charge in [-0.3, -0.25) is 5.32 Å². The number of amides is 1. The lowest BCUT2D eigenvalue weighted by Gasteiger charge is -2.33. The van der Waals surface area contributed by atoms with Crippen LogP contribution in [0.3, 0.4) is 0 Å². The van der Waals surface area contributed by atoms with Crippen molar-refractivity contribution in [1.82, 2.24) is 4.90 Å². The molecule has 3 rings (SSSR count). The number of nitrogens with one attached hydrogen (secondary N) is 1. The molecule has 0 fully saturated rings. The number of anilines is 2. The Morgan fingerprint density at radius 3 is 2.96 bits per heavy atom. The number of rotatable bonds is 3. The number of carbonyl (C=O) groups excluding carboxylic acids is 1. The molecule has 0 aromatic heterocycles. The largest absolute Gasteiger partial charge is 0.450 e. The van der Waals surface area contributed by atoms with Crippen LogP contribution in [-0.4, -0.2) is 31.2 Å². The van der Waals surface area contributed by atoms with Crippen LogP contribution in [0, 0.1) is 0 Å². The van der Waals surface area contributed by atoms with Gasteiger partial charge in [-0.25, -0.2) is 4.79 Å². The third-order valence-electron chi connectivity index (χ3n) is 4.36. The van der Waals surface area contributed by atoms with Crippen LogP contribution in [0.25, 0.3) is 0 Å². The van der Waals surface area contributed by atoms with Crippen molar-refractivity contribution in [1.29, 1.82) is 0 Å². The smallest absolute Gasteiger partial charge is 0.411 e. The Bertz CT molecular complexity index is 794. The minimum atomic E-state index is -0.451. The highest BCUT2D eigenvalue weighted by atomic mass is 35.5. The van der Waals surface area contributed by atoms with Crippen LogP contribution in [0.5, 0.6) is 0 Å². The van der Waals surface area contributed by atoms with Crippen LogP contribution in [0.15, 0.2) is 36.4 Å². The summed E-state index contributed by atoms with van der Waals surface area (Å²) in [4.78, 5) is 13.9. The fourth-order valence-electron chi connectivity index (χ4n) is 3.31. The number of benzene rings is 2. The predicted molar refractivity (Wildman–Crippen MR) is 101 cm³/mol. The zero-order valence-corrected chi connectivity index (χ0v) is 15.1. The normalized spacial score (nSPS) is 17.0. The first kappa shape index (κ1) is 17.6. The third-order valence-corrected chi connectivity index (χ3v) is 4.70. The topological polar surface area (TPSA) is 67.6 Å². The molecule has 5 nitrogen and oxygen atoms in total. The summed E-state index contributed by atoms with van der Waals surface area (Å²) in [6.07, 6.45) is -0.451. The lowest BCUT2D eigenvalue weighted by atomic mass is 9.84. The Balaban J connectivity index is 1.96. The fourth-order valence-corrected chi connectivity index (χ4v) is 3.60. The number of hydrogen-bond donors (Lipinski definition) is 2. The lowest BCUT2D eigenvalue weighted by molar-refractivity contribution is 0.168. The molecule has 0 aliphatic carbocycles. The van der Waals surface area contributed by atoms with Crippen LogP contribution >= 0.6 is 11.6 Å². The second kappa shape index (κ2) is 7.33. The van der Waals surface area contributed by atoms with Gasteiger partial charge in [0.2, 0.25) is 0 Å². The van der Waals surface area contributed by atoms with Gasteiger partial charge in [-0.2, -0.15) is 0 Å². The number of hydrogen-bond acceptors (Lipinski definition) is 4. The van der Waals surface area contributed by atoms with Crippen molar-refractivity contribution in [2.75, 3.05) is 31.2 Å². The molecule has 0 saturated carbocycles. The number of nitrogens with two attached hydrogens (primary N) is 1.